The first-order valence-corrected chi connectivity index (χ1v) is 12.3. The summed E-state index contributed by atoms with van der Waals surface area (Å²) in [5, 5.41) is 5.42. The fraction of sp³-hybridized carbons (Fsp3) is 0.895. The molecular weight excluding hydrogens is 352 g/mol. The normalized spacial score (nSPS) is 25.0. The van der Waals surface area contributed by atoms with E-state index >= 15 is 0 Å². The van der Waals surface area contributed by atoms with Crippen molar-refractivity contribution in [2.24, 2.45) is 11.8 Å². The molecule has 0 spiro atoms. The van der Waals surface area contributed by atoms with Crippen LogP contribution in [0.3, 0.4) is 0 Å². The summed E-state index contributed by atoms with van der Waals surface area (Å²) in [7, 11) is 0. The van der Waals surface area contributed by atoms with Crippen molar-refractivity contribution in [2.45, 2.75) is 69.7 Å². The standard InChI is InChI=1S/C19H32N2O2S2/c22-17-19(21-18(23)20-17,13-24-11-15-7-3-1-4-8-15)14-25-12-16-9-5-2-6-10-16/h15-16H,1-14H2,(H2,20,21,22,23). The van der Waals surface area contributed by atoms with Gasteiger partial charge in [-0.2, -0.15) is 23.5 Å². The van der Waals surface area contributed by atoms with Crippen LogP contribution in [-0.4, -0.2) is 40.5 Å². The van der Waals surface area contributed by atoms with Gasteiger partial charge in [-0.05, 0) is 49.0 Å². The zero-order chi connectivity index (χ0) is 17.5. The molecular formula is C19H32N2O2S2. The fourth-order valence-corrected chi connectivity index (χ4v) is 7.29. The van der Waals surface area contributed by atoms with E-state index in [0.717, 1.165) is 23.3 Å². The largest absolute Gasteiger partial charge is 0.322 e. The second-order valence-electron chi connectivity index (χ2n) is 8.03. The number of amides is 3. The minimum atomic E-state index is -0.699. The van der Waals surface area contributed by atoms with Crippen LogP contribution in [-0.2, 0) is 4.79 Å². The Morgan fingerprint density at radius 2 is 1.28 bits per heavy atom. The lowest BCUT2D eigenvalue weighted by molar-refractivity contribution is -0.122. The summed E-state index contributed by atoms with van der Waals surface area (Å²) in [6, 6.07) is -0.318. The van der Waals surface area contributed by atoms with Crippen LogP contribution < -0.4 is 10.6 Å². The molecule has 2 N–H and O–H groups in total. The second-order valence-corrected chi connectivity index (χ2v) is 10.1. The van der Waals surface area contributed by atoms with Crippen molar-refractivity contribution < 1.29 is 9.59 Å². The average Bonchev–Trinajstić information content (AvgIpc) is 2.90. The van der Waals surface area contributed by atoms with Crippen molar-refractivity contribution in [1.82, 2.24) is 10.6 Å². The first-order valence-electron chi connectivity index (χ1n) is 9.97. The molecule has 6 heteroatoms. The number of carbonyl (C=O) groups excluding carboxylic acids is 2. The highest BCUT2D eigenvalue weighted by Crippen LogP contribution is 2.31. The first-order chi connectivity index (χ1) is 12.2. The number of hydrogen-bond acceptors (Lipinski definition) is 4. The van der Waals surface area contributed by atoms with Gasteiger partial charge in [0.25, 0.3) is 5.91 Å². The van der Waals surface area contributed by atoms with E-state index in [4.69, 9.17) is 0 Å². The maximum atomic E-state index is 12.4. The summed E-state index contributed by atoms with van der Waals surface area (Å²) in [4.78, 5) is 24.2. The van der Waals surface area contributed by atoms with Gasteiger partial charge in [-0.15, -0.1) is 0 Å². The van der Waals surface area contributed by atoms with Crippen molar-refractivity contribution >= 4 is 35.5 Å². The Hall–Kier alpha value is -0.360. The van der Waals surface area contributed by atoms with Crippen molar-refractivity contribution in [3.05, 3.63) is 0 Å². The van der Waals surface area contributed by atoms with Gasteiger partial charge in [0.05, 0.1) is 0 Å². The van der Waals surface area contributed by atoms with Gasteiger partial charge < -0.3 is 5.32 Å². The van der Waals surface area contributed by atoms with Gasteiger partial charge in [0, 0.05) is 11.5 Å². The molecule has 0 radical (unpaired) electrons. The van der Waals surface area contributed by atoms with Gasteiger partial charge in [0.15, 0.2) is 0 Å². The molecule has 0 aromatic rings. The van der Waals surface area contributed by atoms with Crippen LogP contribution in [0.25, 0.3) is 0 Å². The summed E-state index contributed by atoms with van der Waals surface area (Å²) in [6.45, 7) is 0. The lowest BCUT2D eigenvalue weighted by Gasteiger charge is -2.28. The summed E-state index contributed by atoms with van der Waals surface area (Å²) < 4.78 is 0. The Morgan fingerprint density at radius 3 is 1.68 bits per heavy atom. The Labute approximate surface area is 160 Å². The molecule has 142 valence electrons. The highest BCUT2D eigenvalue weighted by molar-refractivity contribution is 8.00. The van der Waals surface area contributed by atoms with Crippen LogP contribution in [0, 0.1) is 11.8 Å². The van der Waals surface area contributed by atoms with Crippen LogP contribution in [0.1, 0.15) is 64.2 Å². The Balaban J connectivity index is 1.47. The van der Waals surface area contributed by atoms with Crippen LogP contribution in [0.5, 0.6) is 0 Å². The summed E-state index contributed by atoms with van der Waals surface area (Å²) in [5.74, 6) is 5.13. The average molecular weight is 385 g/mol. The van der Waals surface area contributed by atoms with Gasteiger partial charge in [-0.25, -0.2) is 4.79 Å². The Kier molecular flexibility index (Phi) is 7.40. The molecule has 0 aromatic carbocycles. The zero-order valence-corrected chi connectivity index (χ0v) is 16.8. The molecule has 3 amide bonds. The smallest absolute Gasteiger partial charge is 0.322 e. The highest BCUT2D eigenvalue weighted by Gasteiger charge is 2.46. The number of urea groups is 1. The molecule has 0 unspecified atom stereocenters. The number of imide groups is 1. The van der Waals surface area contributed by atoms with Crippen molar-refractivity contribution in [2.75, 3.05) is 23.0 Å². The molecule has 4 nitrogen and oxygen atoms in total. The molecule has 3 fully saturated rings. The summed E-state index contributed by atoms with van der Waals surface area (Å²) in [5.41, 5.74) is -0.699. The molecule has 25 heavy (non-hydrogen) atoms. The Morgan fingerprint density at radius 1 is 0.800 bits per heavy atom. The fourth-order valence-electron chi connectivity index (χ4n) is 4.28. The van der Waals surface area contributed by atoms with Crippen molar-refractivity contribution in [3.8, 4) is 0 Å². The van der Waals surface area contributed by atoms with Crippen molar-refractivity contribution in [3.63, 3.8) is 0 Å². The molecule has 0 atom stereocenters. The molecule has 1 heterocycles. The number of nitrogens with one attached hydrogen (secondary N) is 2. The molecule has 0 bridgehead atoms. The number of carbonyl (C=O) groups is 2. The van der Waals surface area contributed by atoms with Crippen molar-refractivity contribution in [1.29, 1.82) is 0 Å². The lowest BCUT2D eigenvalue weighted by Crippen LogP contribution is -2.52. The number of thioether (sulfide) groups is 2. The third-order valence-corrected chi connectivity index (χ3v) is 8.68. The molecule has 1 saturated heterocycles. The third-order valence-electron chi connectivity index (χ3n) is 5.87. The molecule has 3 aliphatic rings. The molecule has 2 saturated carbocycles. The van der Waals surface area contributed by atoms with E-state index in [0.29, 0.717) is 11.5 Å². The van der Waals surface area contributed by atoms with E-state index in [2.05, 4.69) is 10.6 Å². The maximum Gasteiger partial charge on any atom is 0.322 e. The van der Waals surface area contributed by atoms with Crippen LogP contribution in [0.2, 0.25) is 0 Å². The van der Waals surface area contributed by atoms with Crippen LogP contribution in [0.4, 0.5) is 4.79 Å². The SMILES string of the molecule is O=C1NC(=O)C(CSCC2CCCCC2)(CSCC2CCCCC2)N1. The summed E-state index contributed by atoms with van der Waals surface area (Å²) in [6.07, 6.45) is 13.5. The van der Waals surface area contributed by atoms with Crippen LogP contribution >= 0.6 is 23.5 Å². The van der Waals surface area contributed by atoms with E-state index in [-0.39, 0.29) is 11.9 Å². The van der Waals surface area contributed by atoms with E-state index in [1.165, 1.54) is 64.2 Å². The van der Waals surface area contributed by atoms with Gasteiger partial charge in [-0.3, -0.25) is 10.1 Å². The lowest BCUT2D eigenvalue weighted by atomic mass is 9.91. The van der Waals surface area contributed by atoms with Crippen LogP contribution in [0.15, 0.2) is 0 Å². The predicted molar refractivity (Wildman–Crippen MR) is 107 cm³/mol. The number of rotatable bonds is 8. The zero-order valence-electron chi connectivity index (χ0n) is 15.2. The monoisotopic (exact) mass is 384 g/mol. The van der Waals surface area contributed by atoms with Gasteiger partial charge >= 0.3 is 6.03 Å². The van der Waals surface area contributed by atoms with E-state index < -0.39 is 5.54 Å². The highest BCUT2D eigenvalue weighted by atomic mass is 32.2. The predicted octanol–water partition coefficient (Wildman–Crippen LogP) is 4.19. The first kappa shape index (κ1) is 19.4. The van der Waals surface area contributed by atoms with E-state index in [1.54, 1.807) is 0 Å². The maximum absolute atomic E-state index is 12.4. The number of hydrogen-bond donors (Lipinski definition) is 2. The minimum absolute atomic E-state index is 0.121. The molecule has 2 aliphatic carbocycles. The molecule has 0 aromatic heterocycles. The minimum Gasteiger partial charge on any atom is -0.322 e. The van der Waals surface area contributed by atoms with E-state index in [1.807, 2.05) is 23.5 Å². The van der Waals surface area contributed by atoms with E-state index in [9.17, 15) is 9.59 Å². The van der Waals surface area contributed by atoms with Gasteiger partial charge in [0.1, 0.15) is 5.54 Å². The van der Waals surface area contributed by atoms with Gasteiger partial charge in [-0.1, -0.05) is 38.5 Å². The molecule has 3 rings (SSSR count). The third kappa shape index (κ3) is 5.56. The Bertz CT molecular complexity index is 436. The van der Waals surface area contributed by atoms with Gasteiger partial charge in [0.2, 0.25) is 0 Å². The second kappa shape index (κ2) is 9.54. The topological polar surface area (TPSA) is 58.2 Å². The molecule has 1 aliphatic heterocycles. The quantitative estimate of drug-likeness (QED) is 0.616. The summed E-state index contributed by atoms with van der Waals surface area (Å²) >= 11 is 3.72.